The summed E-state index contributed by atoms with van der Waals surface area (Å²) in [6.07, 6.45) is 1.90. The molecule has 20 heavy (non-hydrogen) atoms. The second kappa shape index (κ2) is 7.84. The van der Waals surface area contributed by atoms with E-state index in [4.69, 9.17) is 9.47 Å². The Kier molecular flexibility index (Phi) is 6.76. The van der Waals surface area contributed by atoms with Crippen molar-refractivity contribution in [2.24, 2.45) is 0 Å². The molecule has 0 saturated carbocycles. The van der Waals surface area contributed by atoms with Crippen LogP contribution in [0.25, 0.3) is 0 Å². The van der Waals surface area contributed by atoms with Gasteiger partial charge in [0.1, 0.15) is 5.60 Å². The SMILES string of the molecule is CCOCC(C)NC1CCCN(C(=O)OC(C)(C)C)C1. The highest BCUT2D eigenvalue weighted by atomic mass is 16.6. The van der Waals surface area contributed by atoms with Gasteiger partial charge in [-0.1, -0.05) is 0 Å². The largest absolute Gasteiger partial charge is 0.444 e. The maximum Gasteiger partial charge on any atom is 0.410 e. The second-order valence-electron chi connectivity index (χ2n) is 6.49. The van der Waals surface area contributed by atoms with Crippen molar-refractivity contribution in [2.75, 3.05) is 26.3 Å². The molecule has 1 aliphatic rings. The van der Waals surface area contributed by atoms with Crippen molar-refractivity contribution >= 4 is 6.09 Å². The van der Waals surface area contributed by atoms with E-state index in [0.29, 0.717) is 25.2 Å². The lowest BCUT2D eigenvalue weighted by molar-refractivity contribution is 0.0177. The zero-order valence-electron chi connectivity index (χ0n) is 13.6. The molecule has 0 aliphatic carbocycles. The Bertz CT molecular complexity index is 302. The van der Waals surface area contributed by atoms with Gasteiger partial charge >= 0.3 is 6.09 Å². The molecular weight excluding hydrogens is 256 g/mol. The van der Waals surface area contributed by atoms with Crippen LogP contribution in [-0.4, -0.2) is 55.0 Å². The van der Waals surface area contributed by atoms with Crippen LogP contribution in [0.1, 0.15) is 47.5 Å². The number of nitrogens with one attached hydrogen (secondary N) is 1. The van der Waals surface area contributed by atoms with Gasteiger partial charge in [-0.05, 0) is 47.5 Å². The van der Waals surface area contributed by atoms with E-state index in [-0.39, 0.29) is 6.09 Å². The first-order valence-corrected chi connectivity index (χ1v) is 7.63. The molecule has 1 N–H and O–H groups in total. The third-order valence-corrected chi connectivity index (χ3v) is 3.17. The van der Waals surface area contributed by atoms with Gasteiger partial charge in [-0.25, -0.2) is 4.79 Å². The molecule has 1 saturated heterocycles. The third kappa shape index (κ3) is 6.57. The molecule has 0 radical (unpaired) electrons. The van der Waals surface area contributed by atoms with Crippen LogP contribution in [0.15, 0.2) is 0 Å². The number of likely N-dealkylation sites (tertiary alicyclic amines) is 1. The van der Waals surface area contributed by atoms with E-state index in [0.717, 1.165) is 26.0 Å². The molecule has 0 spiro atoms. The monoisotopic (exact) mass is 286 g/mol. The fourth-order valence-electron chi connectivity index (χ4n) is 2.35. The van der Waals surface area contributed by atoms with Crippen molar-refractivity contribution < 1.29 is 14.3 Å². The Morgan fingerprint density at radius 2 is 2.15 bits per heavy atom. The van der Waals surface area contributed by atoms with Crippen LogP contribution in [0.3, 0.4) is 0 Å². The van der Waals surface area contributed by atoms with E-state index in [1.807, 2.05) is 27.7 Å². The van der Waals surface area contributed by atoms with E-state index >= 15 is 0 Å². The van der Waals surface area contributed by atoms with Crippen molar-refractivity contribution in [3.63, 3.8) is 0 Å². The van der Waals surface area contributed by atoms with Crippen LogP contribution in [-0.2, 0) is 9.47 Å². The van der Waals surface area contributed by atoms with Crippen molar-refractivity contribution in [3.05, 3.63) is 0 Å². The molecule has 0 aromatic rings. The Labute approximate surface area is 123 Å². The van der Waals surface area contributed by atoms with Crippen LogP contribution < -0.4 is 5.32 Å². The van der Waals surface area contributed by atoms with E-state index in [1.165, 1.54) is 0 Å². The molecule has 1 heterocycles. The number of ether oxygens (including phenoxy) is 2. The maximum atomic E-state index is 12.1. The van der Waals surface area contributed by atoms with Gasteiger partial charge < -0.3 is 19.7 Å². The average molecular weight is 286 g/mol. The summed E-state index contributed by atoms with van der Waals surface area (Å²) in [7, 11) is 0. The van der Waals surface area contributed by atoms with Crippen LogP contribution in [0.5, 0.6) is 0 Å². The summed E-state index contributed by atoms with van der Waals surface area (Å²) in [5.74, 6) is 0. The lowest BCUT2D eigenvalue weighted by Crippen LogP contribution is -2.51. The highest BCUT2D eigenvalue weighted by Gasteiger charge is 2.27. The van der Waals surface area contributed by atoms with Crippen LogP contribution in [0, 0.1) is 0 Å². The molecule has 5 nitrogen and oxygen atoms in total. The van der Waals surface area contributed by atoms with Gasteiger partial charge in [-0.2, -0.15) is 0 Å². The Balaban J connectivity index is 2.40. The van der Waals surface area contributed by atoms with Gasteiger partial charge in [0.05, 0.1) is 6.61 Å². The Morgan fingerprint density at radius 1 is 1.45 bits per heavy atom. The molecule has 1 fully saturated rings. The lowest BCUT2D eigenvalue weighted by atomic mass is 10.1. The normalized spacial score (nSPS) is 21.6. The zero-order chi connectivity index (χ0) is 15.2. The first kappa shape index (κ1) is 17.2. The van der Waals surface area contributed by atoms with Gasteiger partial charge in [-0.15, -0.1) is 0 Å². The lowest BCUT2D eigenvalue weighted by Gasteiger charge is -2.35. The van der Waals surface area contributed by atoms with Crippen molar-refractivity contribution in [2.45, 2.75) is 65.1 Å². The van der Waals surface area contributed by atoms with E-state index in [9.17, 15) is 4.79 Å². The van der Waals surface area contributed by atoms with Gasteiger partial charge in [0.15, 0.2) is 0 Å². The fraction of sp³-hybridized carbons (Fsp3) is 0.933. The van der Waals surface area contributed by atoms with E-state index < -0.39 is 5.60 Å². The number of nitrogens with zero attached hydrogens (tertiary/aromatic N) is 1. The molecule has 1 aliphatic heterocycles. The topological polar surface area (TPSA) is 50.8 Å². The minimum absolute atomic E-state index is 0.207. The fourth-order valence-corrected chi connectivity index (χ4v) is 2.35. The quantitative estimate of drug-likeness (QED) is 0.843. The van der Waals surface area contributed by atoms with E-state index in [2.05, 4.69) is 12.2 Å². The molecule has 1 amide bonds. The molecule has 5 heteroatoms. The third-order valence-electron chi connectivity index (χ3n) is 3.17. The molecule has 118 valence electrons. The summed E-state index contributed by atoms with van der Waals surface area (Å²) in [5.41, 5.74) is -0.431. The second-order valence-corrected chi connectivity index (χ2v) is 6.49. The Hall–Kier alpha value is -0.810. The van der Waals surface area contributed by atoms with Gasteiger partial charge in [0.2, 0.25) is 0 Å². The molecule has 2 unspecified atom stereocenters. The van der Waals surface area contributed by atoms with Crippen molar-refractivity contribution in [1.29, 1.82) is 0 Å². The Morgan fingerprint density at radius 3 is 2.75 bits per heavy atom. The van der Waals surface area contributed by atoms with E-state index in [1.54, 1.807) is 4.90 Å². The van der Waals surface area contributed by atoms with Crippen LogP contribution in [0.4, 0.5) is 4.79 Å². The predicted octanol–water partition coefficient (Wildman–Crippen LogP) is 2.40. The number of amides is 1. The number of rotatable bonds is 5. The molecule has 0 aromatic heterocycles. The smallest absolute Gasteiger partial charge is 0.410 e. The van der Waals surface area contributed by atoms with Crippen LogP contribution >= 0.6 is 0 Å². The standard InChI is InChI=1S/C15H30N2O3/c1-6-19-11-12(2)16-13-8-7-9-17(10-13)14(18)20-15(3,4)5/h12-13,16H,6-11H2,1-5H3. The number of hydrogen-bond acceptors (Lipinski definition) is 4. The average Bonchev–Trinajstić information content (AvgIpc) is 2.34. The molecule has 0 bridgehead atoms. The minimum atomic E-state index is -0.431. The first-order valence-electron chi connectivity index (χ1n) is 7.63. The number of hydrogen-bond donors (Lipinski definition) is 1. The van der Waals surface area contributed by atoms with Crippen molar-refractivity contribution in [1.82, 2.24) is 10.2 Å². The summed E-state index contributed by atoms with van der Waals surface area (Å²) in [6.45, 7) is 12.7. The van der Waals surface area contributed by atoms with Gasteiger partial charge in [0.25, 0.3) is 0 Å². The summed E-state index contributed by atoms with van der Waals surface area (Å²) in [5, 5.41) is 3.53. The number of carbonyl (C=O) groups is 1. The summed E-state index contributed by atoms with van der Waals surface area (Å²) < 4.78 is 10.8. The molecule has 2 atom stereocenters. The summed E-state index contributed by atoms with van der Waals surface area (Å²) in [4.78, 5) is 13.9. The highest BCUT2D eigenvalue weighted by molar-refractivity contribution is 5.68. The van der Waals surface area contributed by atoms with Gasteiger partial charge in [-0.3, -0.25) is 0 Å². The highest BCUT2D eigenvalue weighted by Crippen LogP contribution is 2.15. The molecular formula is C15H30N2O3. The van der Waals surface area contributed by atoms with Gasteiger partial charge in [0, 0.05) is 31.8 Å². The van der Waals surface area contributed by atoms with Crippen LogP contribution in [0.2, 0.25) is 0 Å². The van der Waals surface area contributed by atoms with Crippen molar-refractivity contribution in [3.8, 4) is 0 Å². The number of carbonyl (C=O) groups excluding carboxylic acids is 1. The summed E-state index contributed by atoms with van der Waals surface area (Å²) >= 11 is 0. The summed E-state index contributed by atoms with van der Waals surface area (Å²) in [6, 6.07) is 0.630. The predicted molar refractivity (Wildman–Crippen MR) is 79.9 cm³/mol. The molecule has 0 aromatic carbocycles. The number of piperidine rings is 1. The first-order chi connectivity index (χ1) is 9.31. The zero-order valence-corrected chi connectivity index (χ0v) is 13.6. The molecule has 1 rings (SSSR count). The maximum absolute atomic E-state index is 12.1. The minimum Gasteiger partial charge on any atom is -0.444 e.